The van der Waals surface area contributed by atoms with Crippen LogP contribution in [0.15, 0.2) is 18.2 Å². The first kappa shape index (κ1) is 15.1. The highest BCUT2D eigenvalue weighted by Gasteiger charge is 2.22. The normalized spacial score (nSPS) is 13.5. The lowest BCUT2D eigenvalue weighted by Gasteiger charge is -2.18. The molecule has 0 radical (unpaired) electrons. The van der Waals surface area contributed by atoms with Gasteiger partial charge >= 0.3 is 5.97 Å². The molecular weight excluding hydrogens is 252 g/mol. The van der Waals surface area contributed by atoms with Gasteiger partial charge in [0.1, 0.15) is 11.9 Å². The van der Waals surface area contributed by atoms with Crippen LogP contribution < -0.4 is 4.74 Å². The van der Waals surface area contributed by atoms with E-state index in [1.807, 2.05) is 0 Å². The molecule has 1 aromatic rings. The molecule has 0 aliphatic heterocycles. The number of esters is 1. The van der Waals surface area contributed by atoms with E-state index in [0.29, 0.717) is 17.6 Å². The molecule has 0 aromatic heterocycles. The fourth-order valence-electron chi connectivity index (χ4n) is 1.62. The van der Waals surface area contributed by atoms with Gasteiger partial charge in [-0.2, -0.15) is 0 Å². The molecule has 0 saturated heterocycles. The van der Waals surface area contributed by atoms with Crippen LogP contribution >= 0.6 is 0 Å². The third-order valence-corrected chi connectivity index (χ3v) is 2.69. The lowest BCUT2D eigenvalue weighted by Crippen LogP contribution is -2.22. The number of methoxy groups -OCH3 is 2. The number of carbonyl (C=O) groups excluding carboxylic acids is 2. The van der Waals surface area contributed by atoms with Crippen LogP contribution in [0.3, 0.4) is 0 Å². The molecule has 1 aromatic carbocycles. The summed E-state index contributed by atoms with van der Waals surface area (Å²) in [4.78, 5) is 21.9. The Morgan fingerprint density at radius 3 is 2.58 bits per heavy atom. The lowest BCUT2D eigenvalue weighted by molar-refractivity contribution is -0.144. The van der Waals surface area contributed by atoms with Crippen LogP contribution in [0.1, 0.15) is 28.4 Å². The summed E-state index contributed by atoms with van der Waals surface area (Å²) in [6.45, 7) is 0. The molecule has 2 atom stereocenters. The molecule has 0 spiro atoms. The van der Waals surface area contributed by atoms with Crippen molar-refractivity contribution >= 4 is 12.3 Å². The first-order valence-electron chi connectivity index (χ1n) is 5.59. The Balaban J connectivity index is 2.90. The smallest absolute Gasteiger partial charge is 0.308 e. The molecule has 2 N–H and O–H groups in total. The number of rotatable bonds is 6. The molecule has 0 fully saturated rings. The zero-order chi connectivity index (χ0) is 14.4. The topological polar surface area (TPSA) is 93.1 Å². The number of hydrogen-bond acceptors (Lipinski definition) is 6. The van der Waals surface area contributed by atoms with Crippen molar-refractivity contribution in [1.29, 1.82) is 0 Å². The Morgan fingerprint density at radius 2 is 2.05 bits per heavy atom. The minimum absolute atomic E-state index is 0.254. The van der Waals surface area contributed by atoms with Crippen molar-refractivity contribution in [3.8, 4) is 5.75 Å². The Labute approximate surface area is 110 Å². The Bertz CT molecular complexity index is 456. The maximum atomic E-state index is 11.0. The third-order valence-electron chi connectivity index (χ3n) is 2.69. The van der Waals surface area contributed by atoms with Crippen molar-refractivity contribution in [3.05, 3.63) is 29.3 Å². The monoisotopic (exact) mass is 268 g/mol. The van der Waals surface area contributed by atoms with E-state index in [1.165, 1.54) is 32.4 Å². The molecule has 1 rings (SSSR count). The van der Waals surface area contributed by atoms with Crippen molar-refractivity contribution in [3.63, 3.8) is 0 Å². The van der Waals surface area contributed by atoms with Gasteiger partial charge in [-0.25, -0.2) is 0 Å². The van der Waals surface area contributed by atoms with E-state index < -0.39 is 18.2 Å². The maximum Gasteiger partial charge on any atom is 0.308 e. The number of hydrogen-bond donors (Lipinski definition) is 2. The van der Waals surface area contributed by atoms with Crippen molar-refractivity contribution in [2.45, 2.75) is 18.6 Å². The maximum absolute atomic E-state index is 11.0. The van der Waals surface area contributed by atoms with Crippen LogP contribution in [0, 0.1) is 0 Å². The van der Waals surface area contributed by atoms with Gasteiger partial charge in [-0.3, -0.25) is 9.59 Å². The summed E-state index contributed by atoms with van der Waals surface area (Å²) in [6, 6.07) is 4.42. The van der Waals surface area contributed by atoms with E-state index >= 15 is 0 Å². The van der Waals surface area contributed by atoms with Crippen molar-refractivity contribution in [2.75, 3.05) is 14.2 Å². The van der Waals surface area contributed by atoms with Crippen LogP contribution in [0.25, 0.3) is 0 Å². The Kier molecular flexibility index (Phi) is 5.47. The average Bonchev–Trinajstić information content (AvgIpc) is 2.45. The molecule has 0 heterocycles. The molecule has 0 aliphatic rings. The van der Waals surface area contributed by atoms with Crippen LogP contribution in [-0.2, 0) is 9.53 Å². The molecule has 104 valence electrons. The first-order chi connectivity index (χ1) is 9.03. The van der Waals surface area contributed by atoms with Crippen molar-refractivity contribution in [2.24, 2.45) is 0 Å². The van der Waals surface area contributed by atoms with Crippen LogP contribution in [0.2, 0.25) is 0 Å². The van der Waals surface area contributed by atoms with E-state index in [2.05, 4.69) is 4.74 Å². The Hall–Kier alpha value is -1.92. The second-order valence-electron chi connectivity index (χ2n) is 3.91. The quantitative estimate of drug-likeness (QED) is 0.575. The van der Waals surface area contributed by atoms with Crippen LogP contribution in [0.4, 0.5) is 0 Å². The number of ether oxygens (including phenoxy) is 2. The highest BCUT2D eigenvalue weighted by Crippen LogP contribution is 2.25. The highest BCUT2D eigenvalue weighted by molar-refractivity contribution is 5.79. The van der Waals surface area contributed by atoms with Gasteiger partial charge in [-0.05, 0) is 17.7 Å². The van der Waals surface area contributed by atoms with Gasteiger partial charge in [0, 0.05) is 0 Å². The lowest BCUT2D eigenvalue weighted by atomic mass is 10.00. The number of aliphatic hydroxyl groups is 2. The number of benzene rings is 1. The van der Waals surface area contributed by atoms with Crippen molar-refractivity contribution < 1.29 is 29.3 Å². The summed E-state index contributed by atoms with van der Waals surface area (Å²) >= 11 is 0. The Morgan fingerprint density at radius 1 is 1.37 bits per heavy atom. The number of carbonyl (C=O) groups is 2. The summed E-state index contributed by atoms with van der Waals surface area (Å²) < 4.78 is 9.37. The summed E-state index contributed by atoms with van der Waals surface area (Å²) in [6.07, 6.45) is -2.34. The minimum atomic E-state index is -1.31. The molecule has 0 bridgehead atoms. The molecule has 6 heteroatoms. The molecule has 0 aliphatic carbocycles. The third kappa shape index (κ3) is 3.77. The number of aliphatic hydroxyl groups excluding tert-OH is 2. The molecule has 19 heavy (non-hydrogen) atoms. The van der Waals surface area contributed by atoms with Gasteiger partial charge in [-0.1, -0.05) is 6.07 Å². The predicted octanol–water partition coefficient (Wildman–Crippen LogP) is 0.465. The van der Waals surface area contributed by atoms with E-state index in [4.69, 9.17) is 4.74 Å². The summed E-state index contributed by atoms with van der Waals surface area (Å²) in [7, 11) is 2.61. The van der Waals surface area contributed by atoms with Crippen LogP contribution in [-0.4, -0.2) is 42.8 Å². The minimum Gasteiger partial charge on any atom is -0.496 e. The first-order valence-corrected chi connectivity index (χ1v) is 5.59. The van der Waals surface area contributed by atoms with Gasteiger partial charge in [-0.15, -0.1) is 0 Å². The fraction of sp³-hybridized carbons (Fsp3) is 0.385. The summed E-state index contributed by atoms with van der Waals surface area (Å²) in [5.41, 5.74) is 0.573. The van der Waals surface area contributed by atoms with Gasteiger partial charge in [0.2, 0.25) is 0 Å². The number of aldehydes is 1. The van der Waals surface area contributed by atoms with Gasteiger partial charge in [0.05, 0.1) is 32.3 Å². The highest BCUT2D eigenvalue weighted by atomic mass is 16.5. The van der Waals surface area contributed by atoms with Gasteiger partial charge in [0.25, 0.3) is 0 Å². The summed E-state index contributed by atoms with van der Waals surface area (Å²) in [5.74, 6) is -0.260. The van der Waals surface area contributed by atoms with Crippen molar-refractivity contribution in [1.82, 2.24) is 0 Å². The average molecular weight is 268 g/mol. The molecule has 0 saturated carbocycles. The van der Waals surface area contributed by atoms with Crippen LogP contribution in [0.5, 0.6) is 5.75 Å². The predicted molar refractivity (Wildman–Crippen MR) is 66.0 cm³/mol. The zero-order valence-corrected chi connectivity index (χ0v) is 10.7. The second-order valence-corrected chi connectivity index (χ2v) is 3.91. The van der Waals surface area contributed by atoms with E-state index in [-0.39, 0.29) is 12.0 Å². The largest absolute Gasteiger partial charge is 0.496 e. The second kappa shape index (κ2) is 6.86. The van der Waals surface area contributed by atoms with Gasteiger partial charge < -0.3 is 19.7 Å². The SMILES string of the molecule is COC(=O)CC(O)C(O)c1ccc(OC)c(C=O)c1. The molecule has 0 amide bonds. The molecular formula is C13H16O6. The molecule has 6 nitrogen and oxygen atoms in total. The van der Waals surface area contributed by atoms with E-state index in [0.717, 1.165) is 0 Å². The van der Waals surface area contributed by atoms with E-state index in [1.54, 1.807) is 0 Å². The zero-order valence-electron chi connectivity index (χ0n) is 10.7. The van der Waals surface area contributed by atoms with Gasteiger partial charge in [0.15, 0.2) is 6.29 Å². The summed E-state index contributed by atoms with van der Waals surface area (Å²) in [5, 5.41) is 19.6. The molecule has 2 unspecified atom stereocenters. The fourth-order valence-corrected chi connectivity index (χ4v) is 1.62. The standard InChI is InChI=1S/C13H16O6/c1-18-11-4-3-8(5-9(11)7-14)13(17)10(15)6-12(16)19-2/h3-5,7,10,13,15,17H,6H2,1-2H3. The van der Waals surface area contributed by atoms with E-state index in [9.17, 15) is 19.8 Å².